The number of ether oxygens (including phenoxy) is 2. The monoisotopic (exact) mass is 337 g/mol. The summed E-state index contributed by atoms with van der Waals surface area (Å²) >= 11 is 3.55. The second-order valence-corrected chi connectivity index (χ2v) is 5.56. The van der Waals surface area contributed by atoms with Gasteiger partial charge >= 0.3 is 0 Å². The molecule has 0 radical (unpaired) electrons. The predicted molar refractivity (Wildman–Crippen MR) is 80.4 cm³/mol. The van der Waals surface area contributed by atoms with Gasteiger partial charge in [-0.15, -0.1) is 0 Å². The predicted octanol–water partition coefficient (Wildman–Crippen LogP) is 2.87. The van der Waals surface area contributed by atoms with Gasteiger partial charge in [-0.25, -0.2) is 0 Å². The third-order valence-corrected chi connectivity index (χ3v) is 4.09. The second kappa shape index (κ2) is 5.36. The molecule has 0 unspecified atom stereocenters. The molecule has 6 heteroatoms. The normalized spacial score (nSPS) is 13.3. The van der Waals surface area contributed by atoms with E-state index in [1.807, 2.05) is 30.1 Å². The highest BCUT2D eigenvalue weighted by Gasteiger charge is 2.15. The first kappa shape index (κ1) is 13.3. The van der Waals surface area contributed by atoms with Crippen LogP contribution >= 0.6 is 15.9 Å². The lowest BCUT2D eigenvalue weighted by Crippen LogP contribution is -2.15. The number of fused-ring (bicyclic) bond motifs is 1. The molecule has 0 spiro atoms. The molecule has 2 heterocycles. The quantitative estimate of drug-likeness (QED) is 0.935. The Kier molecular flexibility index (Phi) is 3.56. The number of hydrogen-bond acceptors (Lipinski definition) is 4. The fraction of sp³-hybridized carbons (Fsp3) is 0.357. The van der Waals surface area contributed by atoms with Gasteiger partial charge < -0.3 is 14.8 Å². The molecule has 1 N–H and O–H groups in total. The van der Waals surface area contributed by atoms with E-state index < -0.39 is 0 Å². The third kappa shape index (κ3) is 2.47. The zero-order valence-corrected chi connectivity index (χ0v) is 13.0. The minimum atomic E-state index is 0.593. The van der Waals surface area contributed by atoms with Gasteiger partial charge in [0.05, 0.1) is 11.9 Å². The Labute approximate surface area is 126 Å². The van der Waals surface area contributed by atoms with Crippen LogP contribution in [0.4, 0.5) is 5.69 Å². The summed E-state index contributed by atoms with van der Waals surface area (Å²) < 4.78 is 14.0. The maximum Gasteiger partial charge on any atom is 0.163 e. The Hall–Kier alpha value is -1.69. The van der Waals surface area contributed by atoms with Crippen molar-refractivity contribution >= 4 is 21.6 Å². The van der Waals surface area contributed by atoms with Crippen LogP contribution in [0.3, 0.4) is 0 Å². The molecular formula is C14H16BrN3O2. The van der Waals surface area contributed by atoms with Crippen molar-refractivity contribution in [2.75, 3.05) is 18.5 Å². The molecule has 0 bridgehead atoms. The molecule has 1 aromatic heterocycles. The van der Waals surface area contributed by atoms with E-state index in [9.17, 15) is 0 Å². The maximum atomic E-state index is 5.60. The molecule has 1 aromatic carbocycles. The SMILES string of the molecule is Cc1c(CNc2cc3c(cc2Br)OCCO3)cnn1C. The van der Waals surface area contributed by atoms with Gasteiger partial charge in [0.2, 0.25) is 0 Å². The molecule has 106 valence electrons. The first-order valence-corrected chi connectivity index (χ1v) is 7.25. The molecule has 0 aliphatic carbocycles. The van der Waals surface area contributed by atoms with Crippen molar-refractivity contribution in [3.05, 3.63) is 34.1 Å². The van der Waals surface area contributed by atoms with Crippen molar-refractivity contribution < 1.29 is 9.47 Å². The lowest BCUT2D eigenvalue weighted by molar-refractivity contribution is 0.171. The summed E-state index contributed by atoms with van der Waals surface area (Å²) in [5, 5.41) is 7.64. The van der Waals surface area contributed by atoms with Gasteiger partial charge in [0, 0.05) is 41.5 Å². The Bertz CT molecular complexity index is 640. The molecule has 0 saturated carbocycles. The first-order valence-electron chi connectivity index (χ1n) is 6.45. The highest BCUT2D eigenvalue weighted by atomic mass is 79.9. The zero-order chi connectivity index (χ0) is 14.1. The summed E-state index contributed by atoms with van der Waals surface area (Å²) in [5.74, 6) is 1.57. The maximum absolute atomic E-state index is 5.60. The number of hydrogen-bond donors (Lipinski definition) is 1. The number of nitrogens with zero attached hydrogens (tertiary/aromatic N) is 2. The third-order valence-electron chi connectivity index (χ3n) is 3.44. The van der Waals surface area contributed by atoms with E-state index in [4.69, 9.17) is 9.47 Å². The number of aromatic nitrogens is 2. The molecule has 5 nitrogen and oxygen atoms in total. The van der Waals surface area contributed by atoms with Crippen molar-refractivity contribution in [2.45, 2.75) is 13.5 Å². The number of aryl methyl sites for hydroxylation is 1. The van der Waals surface area contributed by atoms with E-state index in [-0.39, 0.29) is 0 Å². The van der Waals surface area contributed by atoms with Crippen LogP contribution in [0.25, 0.3) is 0 Å². The number of benzene rings is 1. The Morgan fingerprint density at radius 2 is 2.00 bits per heavy atom. The van der Waals surface area contributed by atoms with E-state index in [0.29, 0.717) is 13.2 Å². The van der Waals surface area contributed by atoms with Gasteiger partial charge in [0.25, 0.3) is 0 Å². The van der Waals surface area contributed by atoms with Crippen LogP contribution in [0.2, 0.25) is 0 Å². The van der Waals surface area contributed by atoms with E-state index in [1.54, 1.807) is 0 Å². The molecular weight excluding hydrogens is 322 g/mol. The van der Waals surface area contributed by atoms with E-state index in [0.717, 1.165) is 33.9 Å². The molecule has 2 aromatic rings. The number of halogens is 1. The largest absolute Gasteiger partial charge is 0.486 e. The standard InChI is InChI=1S/C14H16BrN3O2/c1-9-10(8-17-18(9)2)7-16-12-6-14-13(5-11(12)15)19-3-4-20-14/h5-6,8,16H,3-4,7H2,1-2H3. The fourth-order valence-electron chi connectivity index (χ4n) is 2.11. The first-order chi connectivity index (χ1) is 9.65. The fourth-order valence-corrected chi connectivity index (χ4v) is 2.57. The van der Waals surface area contributed by atoms with Gasteiger partial charge in [0.15, 0.2) is 11.5 Å². The molecule has 20 heavy (non-hydrogen) atoms. The molecule has 0 amide bonds. The van der Waals surface area contributed by atoms with E-state index >= 15 is 0 Å². The lowest BCUT2D eigenvalue weighted by atomic mass is 10.2. The van der Waals surface area contributed by atoms with E-state index in [2.05, 4.69) is 33.3 Å². The highest BCUT2D eigenvalue weighted by Crippen LogP contribution is 2.38. The Morgan fingerprint density at radius 3 is 2.65 bits per heavy atom. The number of rotatable bonds is 3. The summed E-state index contributed by atoms with van der Waals surface area (Å²) in [5.41, 5.74) is 3.32. The van der Waals surface area contributed by atoms with Crippen LogP contribution in [-0.2, 0) is 13.6 Å². The average Bonchev–Trinajstić information content (AvgIpc) is 2.76. The van der Waals surface area contributed by atoms with Gasteiger partial charge in [-0.1, -0.05) is 0 Å². The van der Waals surface area contributed by atoms with Gasteiger partial charge in [-0.05, 0) is 22.9 Å². The minimum absolute atomic E-state index is 0.593. The van der Waals surface area contributed by atoms with Crippen molar-refractivity contribution in [3.8, 4) is 11.5 Å². The van der Waals surface area contributed by atoms with Crippen LogP contribution in [0, 0.1) is 6.92 Å². The van der Waals surface area contributed by atoms with Crippen LogP contribution in [-0.4, -0.2) is 23.0 Å². The zero-order valence-electron chi connectivity index (χ0n) is 11.4. The number of nitrogens with one attached hydrogen (secondary N) is 1. The van der Waals surface area contributed by atoms with Gasteiger partial charge in [0.1, 0.15) is 13.2 Å². The summed E-state index contributed by atoms with van der Waals surface area (Å²) in [7, 11) is 1.94. The van der Waals surface area contributed by atoms with Crippen molar-refractivity contribution in [1.29, 1.82) is 0 Å². The van der Waals surface area contributed by atoms with Gasteiger partial charge in [-0.2, -0.15) is 5.10 Å². The molecule has 0 saturated heterocycles. The van der Waals surface area contributed by atoms with Crippen LogP contribution in [0.1, 0.15) is 11.3 Å². The van der Waals surface area contributed by atoms with Crippen molar-refractivity contribution in [3.63, 3.8) is 0 Å². The molecule has 1 aliphatic rings. The lowest BCUT2D eigenvalue weighted by Gasteiger charge is -2.20. The topological polar surface area (TPSA) is 48.3 Å². The van der Waals surface area contributed by atoms with Gasteiger partial charge in [-0.3, -0.25) is 4.68 Å². The van der Waals surface area contributed by atoms with Crippen molar-refractivity contribution in [1.82, 2.24) is 9.78 Å². The van der Waals surface area contributed by atoms with Crippen LogP contribution < -0.4 is 14.8 Å². The summed E-state index contributed by atoms with van der Waals surface area (Å²) in [4.78, 5) is 0. The Balaban J connectivity index is 1.79. The molecule has 0 fully saturated rings. The minimum Gasteiger partial charge on any atom is -0.486 e. The highest BCUT2D eigenvalue weighted by molar-refractivity contribution is 9.10. The smallest absolute Gasteiger partial charge is 0.163 e. The van der Waals surface area contributed by atoms with Crippen LogP contribution in [0.15, 0.2) is 22.8 Å². The summed E-state index contributed by atoms with van der Waals surface area (Å²) in [6.45, 7) is 3.97. The van der Waals surface area contributed by atoms with E-state index in [1.165, 1.54) is 5.56 Å². The average molecular weight is 338 g/mol. The second-order valence-electron chi connectivity index (χ2n) is 4.71. The number of anilines is 1. The molecule has 1 aliphatic heterocycles. The molecule has 3 rings (SSSR count). The summed E-state index contributed by atoms with van der Waals surface area (Å²) in [6, 6.07) is 3.90. The summed E-state index contributed by atoms with van der Waals surface area (Å²) in [6.07, 6.45) is 1.88. The molecule has 0 atom stereocenters. The van der Waals surface area contributed by atoms with Crippen LogP contribution in [0.5, 0.6) is 11.5 Å². The Morgan fingerprint density at radius 1 is 1.30 bits per heavy atom. The van der Waals surface area contributed by atoms with Crippen molar-refractivity contribution in [2.24, 2.45) is 7.05 Å².